The molecule has 0 saturated heterocycles. The van der Waals surface area contributed by atoms with Crippen molar-refractivity contribution in [2.24, 2.45) is 0 Å². The highest BCUT2D eigenvalue weighted by molar-refractivity contribution is 7.46. The summed E-state index contributed by atoms with van der Waals surface area (Å²) in [5.41, 5.74) is 0. The fraction of sp³-hybridized carbons (Fsp3) is 0.931. The number of phosphoric ester groups is 1. The lowest BCUT2D eigenvalue weighted by Gasteiger charge is -2.29. The van der Waals surface area contributed by atoms with Crippen LogP contribution in [0.3, 0.4) is 0 Å². The van der Waals surface area contributed by atoms with Gasteiger partial charge in [0.05, 0.1) is 21.1 Å². The Morgan fingerprint density at radius 2 is 1.03 bits per heavy atom. The number of unbranched alkanes of at least 4 members (excludes halogenated alkanes) is 18. The topological polar surface area (TPSA) is 66.8 Å². The molecule has 5 nitrogen and oxygen atoms in total. The highest BCUT2D eigenvalue weighted by atomic mass is 31.2. The van der Waals surface area contributed by atoms with Crippen LogP contribution in [-0.4, -0.2) is 48.1 Å². The molecule has 0 amide bonds. The van der Waals surface area contributed by atoms with Crippen LogP contribution in [0.4, 0.5) is 0 Å². The average molecular weight is 519 g/mol. The van der Waals surface area contributed by atoms with Gasteiger partial charge in [-0.15, -0.1) is 0 Å². The second-order valence-electron chi connectivity index (χ2n) is 11.5. The SMILES string of the molecule is CCCCCCCC/C=C\CCCCCCCCCCCCCCC(C[N+](C)(C)C)OP(=O)(O)O. The van der Waals surface area contributed by atoms with Gasteiger partial charge in [-0.2, -0.15) is 0 Å². The van der Waals surface area contributed by atoms with E-state index < -0.39 is 7.82 Å². The third-order valence-corrected chi connectivity index (χ3v) is 7.15. The first-order valence-corrected chi connectivity index (χ1v) is 16.4. The van der Waals surface area contributed by atoms with Crippen LogP contribution < -0.4 is 0 Å². The molecule has 1 atom stereocenters. The number of hydrogen-bond acceptors (Lipinski definition) is 2. The molecule has 0 aliphatic rings. The second-order valence-corrected chi connectivity index (χ2v) is 12.7. The maximum Gasteiger partial charge on any atom is 0.470 e. The van der Waals surface area contributed by atoms with Crippen molar-refractivity contribution in [3.63, 3.8) is 0 Å². The molecule has 0 bridgehead atoms. The monoisotopic (exact) mass is 518 g/mol. The number of allylic oxidation sites excluding steroid dienone is 2. The van der Waals surface area contributed by atoms with E-state index in [0.29, 0.717) is 11.0 Å². The summed E-state index contributed by atoms with van der Waals surface area (Å²) < 4.78 is 16.9. The summed E-state index contributed by atoms with van der Waals surface area (Å²) in [6, 6.07) is 0. The highest BCUT2D eigenvalue weighted by Gasteiger charge is 2.26. The highest BCUT2D eigenvalue weighted by Crippen LogP contribution is 2.39. The second kappa shape index (κ2) is 23.0. The van der Waals surface area contributed by atoms with Crippen molar-refractivity contribution in [2.75, 3.05) is 27.7 Å². The fourth-order valence-electron chi connectivity index (χ4n) is 4.66. The molecule has 0 fully saturated rings. The summed E-state index contributed by atoms with van der Waals surface area (Å²) in [5.74, 6) is 0. The van der Waals surface area contributed by atoms with Crippen LogP contribution in [0.25, 0.3) is 0 Å². The van der Waals surface area contributed by atoms with Gasteiger partial charge >= 0.3 is 7.82 Å². The van der Waals surface area contributed by atoms with Gasteiger partial charge in [-0.1, -0.05) is 122 Å². The predicted molar refractivity (Wildman–Crippen MR) is 152 cm³/mol. The maximum absolute atomic E-state index is 11.2. The first kappa shape index (κ1) is 34.8. The van der Waals surface area contributed by atoms with Gasteiger partial charge in [0.25, 0.3) is 0 Å². The normalized spacial score (nSPS) is 13.7. The van der Waals surface area contributed by atoms with Crippen molar-refractivity contribution in [2.45, 2.75) is 148 Å². The Morgan fingerprint density at radius 1 is 0.657 bits per heavy atom. The van der Waals surface area contributed by atoms with E-state index in [9.17, 15) is 4.57 Å². The largest absolute Gasteiger partial charge is 0.470 e. The molecule has 0 aromatic heterocycles. The van der Waals surface area contributed by atoms with Gasteiger partial charge in [-0.25, -0.2) is 4.57 Å². The lowest BCUT2D eigenvalue weighted by Crippen LogP contribution is -2.42. The van der Waals surface area contributed by atoms with Crippen molar-refractivity contribution >= 4 is 7.82 Å². The van der Waals surface area contributed by atoms with Gasteiger partial charge in [0.1, 0.15) is 12.6 Å². The van der Waals surface area contributed by atoms with Gasteiger partial charge in [0.2, 0.25) is 0 Å². The minimum atomic E-state index is -4.42. The van der Waals surface area contributed by atoms with E-state index in [1.165, 1.54) is 116 Å². The van der Waals surface area contributed by atoms with Crippen LogP contribution in [0, 0.1) is 0 Å². The summed E-state index contributed by atoms with van der Waals surface area (Å²) in [6.07, 6.45) is 31.5. The molecule has 0 saturated carbocycles. The molecule has 2 N–H and O–H groups in total. The molecule has 210 valence electrons. The molecule has 6 heteroatoms. The standard InChI is InChI=1S/C29H60NO4P/c1-5-6-7-8-9-10-11-12-13-14-15-16-17-18-19-20-21-22-23-24-25-26-27-29(28-30(2,3)4)34-35(31,32)33/h12-13,29H,5-11,14-28H2,1-4H3,(H-,31,32,33)/p+1/b13-12-. The Hall–Kier alpha value is -0.190. The van der Waals surface area contributed by atoms with E-state index in [-0.39, 0.29) is 6.10 Å². The molecule has 0 aromatic carbocycles. The van der Waals surface area contributed by atoms with E-state index in [2.05, 4.69) is 19.1 Å². The smallest absolute Gasteiger partial charge is 0.329 e. The minimum absolute atomic E-state index is 0.378. The number of quaternary nitrogens is 1. The van der Waals surface area contributed by atoms with Gasteiger partial charge in [-0.05, 0) is 32.1 Å². The van der Waals surface area contributed by atoms with Gasteiger partial charge in [-0.3, -0.25) is 4.52 Å². The average Bonchev–Trinajstić information content (AvgIpc) is 2.75. The van der Waals surface area contributed by atoms with Crippen LogP contribution in [0.1, 0.15) is 142 Å². The van der Waals surface area contributed by atoms with Crippen molar-refractivity contribution in [1.82, 2.24) is 0 Å². The van der Waals surface area contributed by atoms with Crippen molar-refractivity contribution in [3.05, 3.63) is 12.2 Å². The van der Waals surface area contributed by atoms with E-state index in [1.807, 2.05) is 21.1 Å². The Bertz CT molecular complexity index is 527. The molecule has 35 heavy (non-hydrogen) atoms. The molecule has 0 aromatic rings. The maximum atomic E-state index is 11.2. The summed E-state index contributed by atoms with van der Waals surface area (Å²) in [5, 5.41) is 0. The van der Waals surface area contributed by atoms with E-state index in [4.69, 9.17) is 14.3 Å². The lowest BCUT2D eigenvalue weighted by atomic mass is 10.0. The third kappa shape index (κ3) is 29.9. The zero-order chi connectivity index (χ0) is 26.3. The van der Waals surface area contributed by atoms with Crippen molar-refractivity contribution < 1.29 is 23.4 Å². The zero-order valence-corrected chi connectivity index (χ0v) is 24.8. The lowest BCUT2D eigenvalue weighted by molar-refractivity contribution is -0.873. The van der Waals surface area contributed by atoms with Crippen molar-refractivity contribution in [3.8, 4) is 0 Å². The van der Waals surface area contributed by atoms with Gasteiger partial charge in [0, 0.05) is 0 Å². The number of phosphoric acid groups is 1. The summed E-state index contributed by atoms with van der Waals surface area (Å²) in [7, 11) is 1.64. The quantitative estimate of drug-likeness (QED) is 0.0519. The molecule has 1 unspecified atom stereocenters. The number of rotatable bonds is 26. The van der Waals surface area contributed by atoms with Gasteiger partial charge in [0.15, 0.2) is 0 Å². The van der Waals surface area contributed by atoms with Crippen molar-refractivity contribution in [1.29, 1.82) is 0 Å². The summed E-state index contributed by atoms with van der Waals surface area (Å²) >= 11 is 0. The first-order valence-electron chi connectivity index (χ1n) is 14.8. The van der Waals surface area contributed by atoms with Crippen LogP contribution in [-0.2, 0) is 9.09 Å². The third-order valence-electron chi connectivity index (χ3n) is 6.58. The Labute approximate surface area is 218 Å². The molecule has 0 rings (SSSR count). The minimum Gasteiger partial charge on any atom is -0.329 e. The van der Waals surface area contributed by atoms with Crippen LogP contribution in [0.2, 0.25) is 0 Å². The molecular weight excluding hydrogens is 457 g/mol. The summed E-state index contributed by atoms with van der Waals surface area (Å²) in [6.45, 7) is 2.89. The number of nitrogens with zero attached hydrogens (tertiary/aromatic N) is 1. The van der Waals surface area contributed by atoms with Crippen LogP contribution in [0.5, 0.6) is 0 Å². The fourth-order valence-corrected chi connectivity index (χ4v) is 5.22. The molecule has 0 aliphatic heterocycles. The van der Waals surface area contributed by atoms with E-state index in [1.54, 1.807) is 0 Å². The van der Waals surface area contributed by atoms with E-state index in [0.717, 1.165) is 19.3 Å². The number of hydrogen-bond donors (Lipinski definition) is 2. The molecular formula is C29H61NO4P+. The predicted octanol–water partition coefficient (Wildman–Crippen LogP) is 8.94. The molecule has 0 spiro atoms. The van der Waals surface area contributed by atoms with Crippen LogP contribution in [0.15, 0.2) is 12.2 Å². The first-order chi connectivity index (χ1) is 16.6. The van der Waals surface area contributed by atoms with E-state index >= 15 is 0 Å². The number of likely N-dealkylation sites (N-methyl/N-ethyl adjacent to an activating group) is 1. The Kier molecular flexibility index (Phi) is 22.8. The summed E-state index contributed by atoms with van der Waals surface area (Å²) in [4.78, 5) is 18.3. The molecule has 0 heterocycles. The zero-order valence-electron chi connectivity index (χ0n) is 23.9. The van der Waals surface area contributed by atoms with Gasteiger partial charge < -0.3 is 14.3 Å². The van der Waals surface area contributed by atoms with Crippen LogP contribution >= 0.6 is 7.82 Å². The molecule has 0 radical (unpaired) electrons. The molecule has 0 aliphatic carbocycles. The Balaban J connectivity index is 3.43. The Morgan fingerprint density at radius 3 is 1.40 bits per heavy atom.